The quantitative estimate of drug-likeness (QED) is 0.574. The van der Waals surface area contributed by atoms with Crippen LogP contribution in [-0.2, 0) is 32.3 Å². The molecule has 0 N–H and O–H groups in total. The maximum atomic E-state index is 13.1. The Kier molecular flexibility index (Phi) is 6.85. The average Bonchev–Trinajstić information content (AvgIpc) is 2.72. The lowest BCUT2D eigenvalue weighted by Gasteiger charge is -2.26. The molecule has 1 saturated heterocycles. The van der Waals surface area contributed by atoms with E-state index in [4.69, 9.17) is 9.47 Å². The minimum atomic E-state index is -4.58. The standard InChI is InChI=1S/C19H17BrF3NO5S/c20-16-6-5-13(11-17(16)30(26,27)24-7-9-28-10-8-24)18(25)29-12-14-3-1-2-4-15(14)19(21,22)23/h1-6,11H,7-10,12H2. The zero-order valence-electron chi connectivity index (χ0n) is 15.5. The molecule has 1 aliphatic rings. The van der Waals surface area contributed by atoms with Crippen molar-refractivity contribution in [2.24, 2.45) is 0 Å². The van der Waals surface area contributed by atoms with E-state index in [0.717, 1.165) is 12.1 Å². The van der Waals surface area contributed by atoms with Crippen molar-refractivity contribution in [3.63, 3.8) is 0 Å². The van der Waals surface area contributed by atoms with Gasteiger partial charge in [0.15, 0.2) is 0 Å². The second kappa shape index (κ2) is 9.04. The van der Waals surface area contributed by atoms with Crippen LogP contribution in [0, 0.1) is 0 Å². The van der Waals surface area contributed by atoms with E-state index in [0.29, 0.717) is 0 Å². The first-order chi connectivity index (χ1) is 14.1. The number of hydrogen-bond acceptors (Lipinski definition) is 5. The van der Waals surface area contributed by atoms with Crippen LogP contribution in [0.25, 0.3) is 0 Å². The van der Waals surface area contributed by atoms with Crippen LogP contribution >= 0.6 is 15.9 Å². The fourth-order valence-corrected chi connectivity index (χ4v) is 5.26. The minimum absolute atomic E-state index is 0.0884. The maximum absolute atomic E-state index is 13.1. The van der Waals surface area contributed by atoms with E-state index in [1.54, 1.807) is 0 Å². The van der Waals surface area contributed by atoms with Gasteiger partial charge < -0.3 is 9.47 Å². The van der Waals surface area contributed by atoms with Crippen molar-refractivity contribution in [3.8, 4) is 0 Å². The molecule has 0 unspecified atom stereocenters. The Bertz CT molecular complexity index is 1040. The first-order valence-corrected chi connectivity index (χ1v) is 11.0. The van der Waals surface area contributed by atoms with Crippen LogP contribution in [0.3, 0.4) is 0 Å². The van der Waals surface area contributed by atoms with Crippen LogP contribution in [0.5, 0.6) is 0 Å². The number of ether oxygens (including phenoxy) is 2. The number of esters is 1. The first kappa shape index (κ1) is 22.7. The van der Waals surface area contributed by atoms with E-state index in [2.05, 4.69) is 15.9 Å². The summed E-state index contributed by atoms with van der Waals surface area (Å²) in [6, 6.07) is 8.62. The molecule has 0 radical (unpaired) electrons. The molecule has 1 heterocycles. The van der Waals surface area contributed by atoms with Gasteiger partial charge >= 0.3 is 12.1 Å². The van der Waals surface area contributed by atoms with Gasteiger partial charge in [0, 0.05) is 23.1 Å². The summed E-state index contributed by atoms with van der Waals surface area (Å²) in [4.78, 5) is 12.3. The average molecular weight is 508 g/mol. The molecular weight excluding hydrogens is 491 g/mol. The molecular formula is C19H17BrF3NO5S. The summed E-state index contributed by atoms with van der Waals surface area (Å²) < 4.78 is 76.7. The molecule has 0 aromatic heterocycles. The molecule has 0 spiro atoms. The van der Waals surface area contributed by atoms with Crippen LogP contribution in [0.1, 0.15) is 21.5 Å². The minimum Gasteiger partial charge on any atom is -0.457 e. The van der Waals surface area contributed by atoms with Crippen LogP contribution in [0.4, 0.5) is 13.2 Å². The zero-order chi connectivity index (χ0) is 21.9. The van der Waals surface area contributed by atoms with Gasteiger partial charge in [-0.3, -0.25) is 0 Å². The smallest absolute Gasteiger partial charge is 0.416 e. The molecule has 0 amide bonds. The Hall–Kier alpha value is -1.95. The lowest BCUT2D eigenvalue weighted by molar-refractivity contribution is -0.138. The third kappa shape index (κ3) is 5.02. The Labute approximate surface area is 179 Å². The summed E-state index contributed by atoms with van der Waals surface area (Å²) >= 11 is 3.17. The van der Waals surface area contributed by atoms with E-state index in [-0.39, 0.29) is 46.8 Å². The van der Waals surface area contributed by atoms with Gasteiger partial charge in [-0.1, -0.05) is 18.2 Å². The number of carbonyl (C=O) groups excluding carboxylic acids is 1. The topological polar surface area (TPSA) is 72.9 Å². The molecule has 1 fully saturated rings. The number of hydrogen-bond donors (Lipinski definition) is 0. The van der Waals surface area contributed by atoms with Crippen LogP contribution < -0.4 is 0 Å². The van der Waals surface area contributed by atoms with Gasteiger partial charge in [-0.25, -0.2) is 13.2 Å². The predicted molar refractivity (Wildman–Crippen MR) is 104 cm³/mol. The Morgan fingerprint density at radius 2 is 1.80 bits per heavy atom. The van der Waals surface area contributed by atoms with Crippen LogP contribution in [0.2, 0.25) is 0 Å². The summed E-state index contributed by atoms with van der Waals surface area (Å²) in [6.07, 6.45) is -4.58. The van der Waals surface area contributed by atoms with Crippen LogP contribution in [0.15, 0.2) is 51.8 Å². The third-order valence-corrected chi connectivity index (χ3v) is 7.33. The highest BCUT2D eigenvalue weighted by atomic mass is 79.9. The third-order valence-electron chi connectivity index (χ3n) is 4.44. The molecule has 11 heteroatoms. The van der Waals surface area contributed by atoms with Crippen molar-refractivity contribution in [1.29, 1.82) is 0 Å². The predicted octanol–water partition coefficient (Wildman–Crippen LogP) is 3.85. The van der Waals surface area contributed by atoms with Gasteiger partial charge in [0.25, 0.3) is 0 Å². The lowest BCUT2D eigenvalue weighted by atomic mass is 10.1. The van der Waals surface area contributed by atoms with Crippen molar-refractivity contribution in [3.05, 3.63) is 63.6 Å². The monoisotopic (exact) mass is 507 g/mol. The molecule has 162 valence electrons. The number of morpholine rings is 1. The van der Waals surface area contributed by atoms with Gasteiger partial charge in [0.05, 0.1) is 29.2 Å². The van der Waals surface area contributed by atoms with E-state index >= 15 is 0 Å². The SMILES string of the molecule is O=C(OCc1ccccc1C(F)(F)F)c1ccc(Br)c(S(=O)(=O)N2CCOCC2)c1. The summed E-state index contributed by atoms with van der Waals surface area (Å²) in [6.45, 7) is 0.278. The molecule has 2 aromatic rings. The zero-order valence-corrected chi connectivity index (χ0v) is 17.9. The van der Waals surface area contributed by atoms with Crippen molar-refractivity contribution in [2.75, 3.05) is 26.3 Å². The fraction of sp³-hybridized carbons (Fsp3) is 0.316. The van der Waals surface area contributed by atoms with E-state index in [1.807, 2.05) is 0 Å². The molecule has 2 aromatic carbocycles. The van der Waals surface area contributed by atoms with Crippen LogP contribution in [-0.4, -0.2) is 45.0 Å². The van der Waals surface area contributed by atoms with Gasteiger partial charge in [0.1, 0.15) is 6.61 Å². The Morgan fingerprint density at radius 1 is 1.13 bits per heavy atom. The summed E-state index contributed by atoms with van der Waals surface area (Å²) in [5.41, 5.74) is -1.18. The fourth-order valence-electron chi connectivity index (χ4n) is 2.90. The van der Waals surface area contributed by atoms with Crippen molar-refractivity contribution < 1.29 is 35.9 Å². The molecule has 30 heavy (non-hydrogen) atoms. The van der Waals surface area contributed by atoms with E-state index < -0.39 is 34.3 Å². The highest BCUT2D eigenvalue weighted by Crippen LogP contribution is 2.32. The Balaban J connectivity index is 1.81. The van der Waals surface area contributed by atoms with Crippen molar-refractivity contribution in [2.45, 2.75) is 17.7 Å². The summed E-state index contributed by atoms with van der Waals surface area (Å²) in [7, 11) is -3.89. The van der Waals surface area contributed by atoms with Crippen molar-refractivity contribution >= 4 is 31.9 Å². The van der Waals surface area contributed by atoms with Gasteiger partial charge in [-0.15, -0.1) is 0 Å². The molecule has 1 aliphatic heterocycles. The van der Waals surface area contributed by atoms with E-state index in [1.165, 1.54) is 34.6 Å². The van der Waals surface area contributed by atoms with Crippen molar-refractivity contribution in [1.82, 2.24) is 4.31 Å². The summed E-state index contributed by atoms with van der Waals surface area (Å²) in [5.74, 6) is -0.932. The normalized spacial score (nSPS) is 15.7. The molecule has 3 rings (SSSR count). The number of alkyl halides is 3. The largest absolute Gasteiger partial charge is 0.457 e. The highest BCUT2D eigenvalue weighted by molar-refractivity contribution is 9.10. The van der Waals surface area contributed by atoms with Gasteiger partial charge in [-0.2, -0.15) is 17.5 Å². The molecule has 0 bridgehead atoms. The lowest BCUT2D eigenvalue weighted by Crippen LogP contribution is -2.40. The molecule has 0 aliphatic carbocycles. The molecule has 0 saturated carbocycles. The number of rotatable bonds is 5. The highest BCUT2D eigenvalue weighted by Gasteiger charge is 2.33. The molecule has 6 nitrogen and oxygen atoms in total. The first-order valence-electron chi connectivity index (χ1n) is 8.80. The van der Waals surface area contributed by atoms with Gasteiger partial charge in [-0.05, 0) is 40.2 Å². The molecule has 0 atom stereocenters. The second-order valence-corrected chi connectivity index (χ2v) is 9.15. The number of carbonyl (C=O) groups is 1. The van der Waals surface area contributed by atoms with Gasteiger partial charge in [0.2, 0.25) is 10.0 Å². The maximum Gasteiger partial charge on any atom is 0.416 e. The Morgan fingerprint density at radius 3 is 2.47 bits per heavy atom. The second-order valence-electron chi connectivity index (χ2n) is 6.39. The van der Waals surface area contributed by atoms with E-state index in [9.17, 15) is 26.4 Å². The number of sulfonamides is 1. The number of halogens is 4. The summed E-state index contributed by atoms with van der Waals surface area (Å²) in [5, 5.41) is 0. The number of nitrogens with zero attached hydrogens (tertiary/aromatic N) is 1. The number of benzene rings is 2.